The maximum Gasteiger partial charge on any atom is 0.435 e. The largest absolute Gasteiger partial charge is 0.478 e. The van der Waals surface area contributed by atoms with Crippen molar-refractivity contribution >= 4 is 11.6 Å². The van der Waals surface area contributed by atoms with Crippen molar-refractivity contribution in [2.45, 2.75) is 19.5 Å². The highest BCUT2D eigenvalue weighted by atomic mass is 19.4. The maximum atomic E-state index is 12.8. The average molecular weight is 258 g/mol. The molecular formula is C11H9F3N2O2. The van der Waals surface area contributed by atoms with Gasteiger partial charge in [0.25, 0.3) is 0 Å². The van der Waals surface area contributed by atoms with E-state index in [-0.39, 0.29) is 23.3 Å². The number of carboxylic acids is 1. The van der Waals surface area contributed by atoms with E-state index in [2.05, 4.69) is 4.98 Å². The number of aromatic nitrogens is 2. The second-order valence-corrected chi connectivity index (χ2v) is 3.68. The van der Waals surface area contributed by atoms with E-state index in [4.69, 9.17) is 5.11 Å². The second kappa shape index (κ2) is 4.01. The van der Waals surface area contributed by atoms with Crippen molar-refractivity contribution in [3.63, 3.8) is 0 Å². The minimum Gasteiger partial charge on any atom is -0.478 e. The number of aryl methyl sites for hydroxylation is 1. The van der Waals surface area contributed by atoms with Crippen LogP contribution in [0.1, 0.15) is 28.7 Å². The lowest BCUT2D eigenvalue weighted by Crippen LogP contribution is -2.09. The van der Waals surface area contributed by atoms with Crippen molar-refractivity contribution in [1.29, 1.82) is 0 Å². The molecule has 18 heavy (non-hydrogen) atoms. The van der Waals surface area contributed by atoms with Gasteiger partial charge >= 0.3 is 12.1 Å². The summed E-state index contributed by atoms with van der Waals surface area (Å²) in [5, 5.41) is 8.92. The molecule has 0 unspecified atom stereocenters. The van der Waals surface area contributed by atoms with E-state index in [1.807, 2.05) is 0 Å². The molecule has 7 heteroatoms. The number of carbonyl (C=O) groups is 1. The zero-order valence-corrected chi connectivity index (χ0v) is 9.32. The Balaban J connectivity index is 2.84. The second-order valence-electron chi connectivity index (χ2n) is 3.68. The van der Waals surface area contributed by atoms with Gasteiger partial charge in [-0.25, -0.2) is 9.78 Å². The molecule has 2 aromatic rings. The molecule has 0 fully saturated rings. The van der Waals surface area contributed by atoms with Crippen molar-refractivity contribution in [1.82, 2.24) is 9.38 Å². The number of alkyl halides is 3. The lowest BCUT2D eigenvalue weighted by molar-refractivity contribution is -0.141. The van der Waals surface area contributed by atoms with Crippen LogP contribution in [0.2, 0.25) is 0 Å². The molecule has 0 radical (unpaired) electrons. The molecule has 2 aromatic heterocycles. The summed E-state index contributed by atoms with van der Waals surface area (Å²) < 4.78 is 39.5. The predicted molar refractivity (Wildman–Crippen MR) is 56.5 cm³/mol. The van der Waals surface area contributed by atoms with Crippen LogP contribution in [0.15, 0.2) is 18.3 Å². The van der Waals surface area contributed by atoms with Gasteiger partial charge in [0.2, 0.25) is 0 Å². The smallest absolute Gasteiger partial charge is 0.435 e. The van der Waals surface area contributed by atoms with Gasteiger partial charge in [-0.05, 0) is 18.6 Å². The Morgan fingerprint density at radius 1 is 1.50 bits per heavy atom. The summed E-state index contributed by atoms with van der Waals surface area (Å²) in [5.74, 6) is -1.30. The van der Waals surface area contributed by atoms with Crippen molar-refractivity contribution in [2.24, 2.45) is 0 Å². The van der Waals surface area contributed by atoms with E-state index >= 15 is 0 Å². The highest BCUT2D eigenvalue weighted by Crippen LogP contribution is 2.32. The molecule has 0 saturated carbocycles. The van der Waals surface area contributed by atoms with Gasteiger partial charge in [0, 0.05) is 6.20 Å². The van der Waals surface area contributed by atoms with Crippen molar-refractivity contribution in [3.8, 4) is 0 Å². The van der Waals surface area contributed by atoms with E-state index in [1.165, 1.54) is 22.7 Å². The number of pyridine rings is 1. The highest BCUT2D eigenvalue weighted by molar-refractivity contribution is 5.94. The molecule has 0 amide bonds. The van der Waals surface area contributed by atoms with Crippen LogP contribution in [0.4, 0.5) is 13.2 Å². The molecule has 0 aromatic carbocycles. The van der Waals surface area contributed by atoms with Gasteiger partial charge in [0.05, 0.1) is 5.69 Å². The topological polar surface area (TPSA) is 54.6 Å². The van der Waals surface area contributed by atoms with Crippen LogP contribution < -0.4 is 0 Å². The predicted octanol–water partition coefficient (Wildman–Crippen LogP) is 2.61. The van der Waals surface area contributed by atoms with Gasteiger partial charge in [0.1, 0.15) is 5.56 Å². The highest BCUT2D eigenvalue weighted by Gasteiger charge is 2.37. The number of imidazole rings is 1. The van der Waals surface area contributed by atoms with E-state index < -0.39 is 17.8 Å². The molecule has 96 valence electrons. The van der Waals surface area contributed by atoms with Crippen LogP contribution in [-0.2, 0) is 12.6 Å². The molecule has 0 atom stereocenters. The fourth-order valence-corrected chi connectivity index (χ4v) is 1.85. The first-order chi connectivity index (χ1) is 8.36. The van der Waals surface area contributed by atoms with E-state index in [0.717, 1.165) is 0 Å². The van der Waals surface area contributed by atoms with Crippen LogP contribution in [0.25, 0.3) is 5.65 Å². The first-order valence-corrected chi connectivity index (χ1v) is 5.16. The third kappa shape index (κ3) is 1.81. The summed E-state index contributed by atoms with van der Waals surface area (Å²) in [7, 11) is 0. The number of carboxylic acid groups (broad SMARTS) is 1. The number of aromatic carboxylic acids is 1. The van der Waals surface area contributed by atoms with Gasteiger partial charge in [-0.1, -0.05) is 6.92 Å². The van der Waals surface area contributed by atoms with Crippen molar-refractivity contribution in [3.05, 3.63) is 35.3 Å². The molecule has 2 rings (SSSR count). The van der Waals surface area contributed by atoms with Gasteiger partial charge in [-0.2, -0.15) is 13.2 Å². The lowest BCUT2D eigenvalue weighted by atomic mass is 10.2. The molecule has 0 saturated heterocycles. The van der Waals surface area contributed by atoms with Crippen LogP contribution in [0.3, 0.4) is 0 Å². The summed E-state index contributed by atoms with van der Waals surface area (Å²) in [4.78, 5) is 14.4. The summed E-state index contributed by atoms with van der Waals surface area (Å²) in [6.07, 6.45) is -3.10. The fourth-order valence-electron chi connectivity index (χ4n) is 1.85. The Morgan fingerprint density at radius 2 is 2.17 bits per heavy atom. The maximum absolute atomic E-state index is 12.8. The molecule has 4 nitrogen and oxygen atoms in total. The van der Waals surface area contributed by atoms with Crippen molar-refractivity contribution in [2.75, 3.05) is 0 Å². The summed E-state index contributed by atoms with van der Waals surface area (Å²) in [6, 6.07) is 2.61. The zero-order valence-electron chi connectivity index (χ0n) is 9.32. The minimum absolute atomic E-state index is 0.0411. The van der Waals surface area contributed by atoms with E-state index in [9.17, 15) is 18.0 Å². The standard InChI is InChI=1S/C11H9F3N2O2/c1-2-7-8(11(12,13)14)15-9-6(10(17)18)4-3-5-16(7)9/h3-5H,2H2,1H3,(H,17,18). The van der Waals surface area contributed by atoms with Gasteiger partial charge in [0.15, 0.2) is 11.3 Å². The Kier molecular flexibility index (Phi) is 2.76. The summed E-state index contributed by atoms with van der Waals surface area (Å²) >= 11 is 0. The number of hydrogen-bond acceptors (Lipinski definition) is 2. The van der Waals surface area contributed by atoms with Gasteiger partial charge in [-0.15, -0.1) is 0 Å². The summed E-state index contributed by atoms with van der Waals surface area (Å²) in [6.45, 7) is 1.56. The van der Waals surface area contributed by atoms with Crippen LogP contribution in [0, 0.1) is 0 Å². The number of fused-ring (bicyclic) bond motifs is 1. The molecule has 0 aliphatic heterocycles. The molecule has 0 spiro atoms. The third-order valence-corrected chi connectivity index (χ3v) is 2.58. The number of hydrogen-bond donors (Lipinski definition) is 1. The van der Waals surface area contributed by atoms with E-state index in [0.29, 0.717) is 0 Å². The molecule has 2 heterocycles. The molecule has 0 aliphatic carbocycles. The van der Waals surface area contributed by atoms with Gasteiger partial charge < -0.3 is 9.51 Å². The van der Waals surface area contributed by atoms with Crippen LogP contribution >= 0.6 is 0 Å². The monoisotopic (exact) mass is 258 g/mol. The molecule has 1 N–H and O–H groups in total. The van der Waals surface area contributed by atoms with E-state index in [1.54, 1.807) is 6.92 Å². The Morgan fingerprint density at radius 3 is 2.67 bits per heavy atom. The minimum atomic E-state index is -4.59. The summed E-state index contributed by atoms with van der Waals surface area (Å²) in [5.41, 5.74) is -1.50. The fraction of sp³-hybridized carbons (Fsp3) is 0.273. The van der Waals surface area contributed by atoms with Crippen LogP contribution in [0.5, 0.6) is 0 Å². The zero-order chi connectivity index (χ0) is 13.5. The van der Waals surface area contributed by atoms with Crippen molar-refractivity contribution < 1.29 is 23.1 Å². The number of rotatable bonds is 2. The lowest BCUT2D eigenvalue weighted by Gasteiger charge is -2.05. The normalized spacial score (nSPS) is 12.0. The Hall–Kier alpha value is -2.05. The quantitative estimate of drug-likeness (QED) is 0.900. The third-order valence-electron chi connectivity index (χ3n) is 2.58. The SMILES string of the molecule is CCc1c(C(F)(F)F)nc2c(C(=O)O)cccn12. The Labute approximate surface area is 99.7 Å². The average Bonchev–Trinajstić information content (AvgIpc) is 2.66. The molecule has 0 aliphatic rings. The molecule has 0 bridgehead atoms. The van der Waals surface area contributed by atoms with Crippen LogP contribution in [-0.4, -0.2) is 20.5 Å². The van der Waals surface area contributed by atoms with Gasteiger partial charge in [-0.3, -0.25) is 0 Å². The first kappa shape index (κ1) is 12.4. The Bertz CT molecular complexity index is 617. The number of halogens is 3. The first-order valence-electron chi connectivity index (χ1n) is 5.16. The number of nitrogens with zero attached hydrogens (tertiary/aromatic N) is 2. The molecular weight excluding hydrogens is 249 g/mol.